The zero-order valence-electron chi connectivity index (χ0n) is 16.8. The van der Waals surface area contributed by atoms with Gasteiger partial charge in [0, 0.05) is 24.7 Å². The summed E-state index contributed by atoms with van der Waals surface area (Å²) in [5, 5.41) is 15.9. The molecule has 7 nitrogen and oxygen atoms in total. The second-order valence-corrected chi connectivity index (χ2v) is 7.57. The zero-order chi connectivity index (χ0) is 21.8. The van der Waals surface area contributed by atoms with Crippen LogP contribution in [0.5, 0.6) is 0 Å². The fourth-order valence-electron chi connectivity index (χ4n) is 3.60. The van der Waals surface area contributed by atoms with E-state index < -0.39 is 18.2 Å². The second-order valence-electron chi connectivity index (χ2n) is 7.57. The molecule has 1 unspecified atom stereocenters. The molecule has 160 valence electrons. The summed E-state index contributed by atoms with van der Waals surface area (Å²) in [6.07, 6.45) is 10.0. The number of ether oxygens (including phenoxy) is 1. The molecule has 4 rings (SSSR count). The minimum Gasteiger partial charge on any atom is -0.489 e. The predicted molar refractivity (Wildman–Crippen MR) is 112 cm³/mol. The molecular weight excluding hydrogens is 401 g/mol. The number of H-pyrrole nitrogens is 1. The molecule has 1 aromatic carbocycles. The quantitative estimate of drug-likeness (QED) is 0.742. The molecule has 0 bridgehead atoms. The van der Waals surface area contributed by atoms with E-state index in [9.17, 15) is 14.0 Å². The van der Waals surface area contributed by atoms with Crippen molar-refractivity contribution in [3.63, 3.8) is 0 Å². The van der Waals surface area contributed by atoms with E-state index in [1.807, 2.05) is 36.4 Å². The monoisotopic (exact) mass is 423 g/mol. The first-order valence-corrected chi connectivity index (χ1v) is 9.95. The molecule has 0 saturated carbocycles. The van der Waals surface area contributed by atoms with Crippen molar-refractivity contribution < 1.29 is 23.8 Å². The Morgan fingerprint density at radius 2 is 2.16 bits per heavy atom. The van der Waals surface area contributed by atoms with E-state index >= 15 is 0 Å². The summed E-state index contributed by atoms with van der Waals surface area (Å²) in [5.41, 5.74) is 0.831. The van der Waals surface area contributed by atoms with Crippen molar-refractivity contribution in [1.82, 2.24) is 15.1 Å². The summed E-state index contributed by atoms with van der Waals surface area (Å²) in [5.74, 6) is -1.22. The average molecular weight is 423 g/mol. The van der Waals surface area contributed by atoms with E-state index in [2.05, 4.69) is 10.2 Å². The number of likely N-dealkylation sites (tertiary alicyclic amines) is 1. The molecular formula is C23H22FN3O4. The number of nitrogens with one attached hydrogen (secondary N) is 1. The number of carboxylic acids is 1. The van der Waals surface area contributed by atoms with Crippen molar-refractivity contribution in [2.75, 3.05) is 13.1 Å². The number of carbonyl (C=O) groups excluding carboxylic acids is 1. The van der Waals surface area contributed by atoms with E-state index in [1.54, 1.807) is 24.4 Å². The lowest BCUT2D eigenvalue weighted by Gasteiger charge is -2.18. The normalized spacial score (nSPS) is 20.7. The van der Waals surface area contributed by atoms with Crippen LogP contribution in [0.3, 0.4) is 0 Å². The number of hydrogen-bond donors (Lipinski definition) is 2. The smallest absolute Gasteiger partial charge is 0.343 e. The standard InChI is InChI=1S/C23H22FN3O4/c24-23(22(29)30)10-12-27(15-23)21(28)18-5-1-3-16(13-18)14-31-19-6-2-4-17(7-8-19)20-9-11-25-26-20/h1-3,5-9,11,13H,4,10,12,14-15H2,(H,25,26)(H,29,30). The fourth-order valence-corrected chi connectivity index (χ4v) is 3.60. The Morgan fingerprint density at radius 3 is 2.90 bits per heavy atom. The predicted octanol–water partition coefficient (Wildman–Crippen LogP) is 3.49. The van der Waals surface area contributed by atoms with Crippen molar-refractivity contribution in [3.05, 3.63) is 83.4 Å². The van der Waals surface area contributed by atoms with Gasteiger partial charge in [-0.25, -0.2) is 9.18 Å². The van der Waals surface area contributed by atoms with Crippen molar-refractivity contribution in [1.29, 1.82) is 0 Å². The van der Waals surface area contributed by atoms with Crippen LogP contribution >= 0.6 is 0 Å². The number of benzene rings is 1. The van der Waals surface area contributed by atoms with Gasteiger partial charge in [0.15, 0.2) is 0 Å². The van der Waals surface area contributed by atoms with E-state index in [-0.39, 0.29) is 25.5 Å². The van der Waals surface area contributed by atoms with Crippen LogP contribution in [0.4, 0.5) is 4.39 Å². The largest absolute Gasteiger partial charge is 0.489 e. The number of allylic oxidation sites excluding steroid dienone is 5. The molecule has 31 heavy (non-hydrogen) atoms. The number of carbonyl (C=O) groups is 2. The maximum atomic E-state index is 14.3. The molecule has 0 spiro atoms. The highest BCUT2D eigenvalue weighted by Gasteiger charge is 2.46. The number of amides is 1. The van der Waals surface area contributed by atoms with Gasteiger partial charge in [-0.05, 0) is 47.9 Å². The second kappa shape index (κ2) is 8.59. The molecule has 2 aromatic rings. The van der Waals surface area contributed by atoms with Crippen molar-refractivity contribution >= 4 is 17.4 Å². The highest BCUT2D eigenvalue weighted by atomic mass is 19.1. The Morgan fingerprint density at radius 1 is 1.29 bits per heavy atom. The molecule has 1 aromatic heterocycles. The molecule has 2 aliphatic rings. The number of alkyl halides is 1. The van der Waals surface area contributed by atoms with Gasteiger partial charge in [-0.2, -0.15) is 5.10 Å². The van der Waals surface area contributed by atoms with E-state index in [4.69, 9.17) is 9.84 Å². The molecule has 1 aliphatic heterocycles. The summed E-state index contributed by atoms with van der Waals surface area (Å²) in [6, 6.07) is 8.80. The molecule has 1 saturated heterocycles. The lowest BCUT2D eigenvalue weighted by Crippen LogP contribution is -2.38. The molecule has 1 atom stereocenters. The van der Waals surface area contributed by atoms with E-state index in [0.717, 1.165) is 23.3 Å². The van der Waals surface area contributed by atoms with Crippen LogP contribution in [0, 0.1) is 0 Å². The van der Waals surface area contributed by atoms with Crippen molar-refractivity contribution in [3.8, 4) is 0 Å². The number of rotatable bonds is 6. The maximum Gasteiger partial charge on any atom is 0.343 e. The van der Waals surface area contributed by atoms with Gasteiger partial charge in [0.2, 0.25) is 5.67 Å². The Kier molecular flexibility index (Phi) is 5.70. The Hall–Kier alpha value is -3.68. The third-order valence-electron chi connectivity index (χ3n) is 5.38. The van der Waals surface area contributed by atoms with Gasteiger partial charge in [0.05, 0.1) is 12.2 Å². The van der Waals surface area contributed by atoms with Gasteiger partial charge in [0.1, 0.15) is 12.4 Å². The summed E-state index contributed by atoms with van der Waals surface area (Å²) in [4.78, 5) is 25.0. The molecule has 8 heteroatoms. The molecule has 1 aliphatic carbocycles. The molecule has 2 heterocycles. The van der Waals surface area contributed by atoms with E-state index in [0.29, 0.717) is 11.3 Å². The zero-order valence-corrected chi connectivity index (χ0v) is 16.8. The number of aromatic nitrogens is 2. The first-order chi connectivity index (χ1) is 14.9. The molecule has 2 N–H and O–H groups in total. The number of carboxylic acid groups (broad SMARTS) is 1. The van der Waals surface area contributed by atoms with Gasteiger partial charge >= 0.3 is 5.97 Å². The average Bonchev–Trinajstić information content (AvgIpc) is 3.38. The van der Waals surface area contributed by atoms with Crippen LogP contribution in [0.25, 0.3) is 5.57 Å². The summed E-state index contributed by atoms with van der Waals surface area (Å²) < 4.78 is 20.2. The molecule has 1 amide bonds. The summed E-state index contributed by atoms with van der Waals surface area (Å²) >= 11 is 0. The lowest BCUT2D eigenvalue weighted by atomic mass is 10.1. The van der Waals surface area contributed by atoms with Gasteiger partial charge < -0.3 is 14.7 Å². The Balaban J connectivity index is 1.40. The van der Waals surface area contributed by atoms with Crippen molar-refractivity contribution in [2.24, 2.45) is 0 Å². The summed E-state index contributed by atoms with van der Waals surface area (Å²) in [7, 11) is 0. The first kappa shape index (κ1) is 20.6. The lowest BCUT2D eigenvalue weighted by molar-refractivity contribution is -0.149. The van der Waals surface area contributed by atoms with Crippen LogP contribution in [-0.4, -0.2) is 50.8 Å². The topological polar surface area (TPSA) is 95.5 Å². The van der Waals surface area contributed by atoms with Gasteiger partial charge in [-0.3, -0.25) is 9.89 Å². The SMILES string of the molecule is O=C(c1cccc(COC2=CC=C(c3ccn[nH]3)CC=C2)c1)N1CCC(F)(C(=O)O)C1. The number of halogens is 1. The molecule has 0 radical (unpaired) electrons. The maximum absolute atomic E-state index is 14.3. The number of hydrogen-bond acceptors (Lipinski definition) is 4. The van der Waals surface area contributed by atoms with Gasteiger partial charge in [-0.1, -0.05) is 24.3 Å². The van der Waals surface area contributed by atoms with Crippen LogP contribution < -0.4 is 0 Å². The van der Waals surface area contributed by atoms with E-state index in [1.165, 1.54) is 4.90 Å². The van der Waals surface area contributed by atoms with Gasteiger partial charge in [-0.15, -0.1) is 0 Å². The third kappa shape index (κ3) is 4.58. The Bertz CT molecular complexity index is 1070. The minimum atomic E-state index is -2.38. The van der Waals surface area contributed by atoms with Crippen LogP contribution in [0.1, 0.15) is 34.5 Å². The van der Waals surface area contributed by atoms with Crippen LogP contribution in [0.15, 0.2) is 66.6 Å². The highest BCUT2D eigenvalue weighted by molar-refractivity contribution is 5.95. The minimum absolute atomic E-state index is 0.0744. The first-order valence-electron chi connectivity index (χ1n) is 9.95. The molecule has 1 fully saturated rings. The van der Waals surface area contributed by atoms with Crippen LogP contribution in [-0.2, 0) is 16.1 Å². The summed E-state index contributed by atoms with van der Waals surface area (Å²) in [6.45, 7) is -0.109. The Labute approximate surface area is 178 Å². The number of aliphatic carboxylic acids is 1. The van der Waals surface area contributed by atoms with Crippen LogP contribution in [0.2, 0.25) is 0 Å². The fraction of sp³-hybridized carbons (Fsp3) is 0.261. The number of aromatic amines is 1. The third-order valence-corrected chi connectivity index (χ3v) is 5.38. The van der Waals surface area contributed by atoms with Crippen molar-refractivity contribution in [2.45, 2.75) is 25.1 Å². The van der Waals surface area contributed by atoms with Gasteiger partial charge in [0.25, 0.3) is 5.91 Å². The highest BCUT2D eigenvalue weighted by Crippen LogP contribution is 2.27. The number of nitrogens with zero attached hydrogens (tertiary/aromatic N) is 2.